The van der Waals surface area contributed by atoms with Gasteiger partial charge >= 0.3 is 23.9 Å². The van der Waals surface area contributed by atoms with Gasteiger partial charge in [0, 0.05) is 19.3 Å². The number of carbonyl (C=O) groups excluding carboxylic acids is 3. The van der Waals surface area contributed by atoms with E-state index in [-0.39, 0.29) is 25.9 Å². The van der Waals surface area contributed by atoms with E-state index in [0.717, 1.165) is 83.5 Å². The van der Waals surface area contributed by atoms with E-state index in [9.17, 15) is 34.5 Å². The van der Waals surface area contributed by atoms with Gasteiger partial charge in [-0.3, -0.25) is 14.4 Å². The van der Waals surface area contributed by atoms with E-state index in [4.69, 9.17) is 23.7 Å². The maximum Gasteiger partial charge on any atom is 0.335 e. The van der Waals surface area contributed by atoms with E-state index >= 15 is 0 Å². The lowest BCUT2D eigenvalue weighted by atomic mass is 9.98. The molecule has 0 spiro atoms. The van der Waals surface area contributed by atoms with Gasteiger partial charge in [-0.15, -0.1) is 0 Å². The minimum Gasteiger partial charge on any atom is -0.479 e. The summed E-state index contributed by atoms with van der Waals surface area (Å²) < 4.78 is 28.6. The molecule has 6 atom stereocenters. The monoisotopic (exact) mass is 1170 g/mol. The molecule has 0 aromatic rings. The number of aliphatic hydroxyl groups is 2. The topological polar surface area (TPSA) is 175 Å². The molecule has 0 aromatic heterocycles. The molecule has 0 bridgehead atoms. The number of carbonyl (C=O) groups is 4. The smallest absolute Gasteiger partial charge is 0.335 e. The van der Waals surface area contributed by atoms with E-state index in [1.807, 2.05) is 0 Å². The van der Waals surface area contributed by atoms with Crippen LogP contribution in [0.2, 0.25) is 0 Å². The number of ether oxygens (including phenoxy) is 5. The summed E-state index contributed by atoms with van der Waals surface area (Å²) in [6.45, 7) is 6.03. The van der Waals surface area contributed by atoms with Crippen molar-refractivity contribution in [3.05, 3.63) is 36.5 Å². The minimum absolute atomic E-state index is 0.0620. The summed E-state index contributed by atoms with van der Waals surface area (Å²) in [7, 11) is 0. The fourth-order valence-corrected chi connectivity index (χ4v) is 10.8. The number of hydrogen-bond donors (Lipinski definition) is 3. The Kier molecular flexibility index (Phi) is 55.7. The molecule has 0 radical (unpaired) electrons. The van der Waals surface area contributed by atoms with E-state index in [1.165, 1.54) is 199 Å². The van der Waals surface area contributed by atoms with Gasteiger partial charge < -0.3 is 39.0 Å². The van der Waals surface area contributed by atoms with Crippen LogP contribution in [-0.4, -0.2) is 89.2 Å². The van der Waals surface area contributed by atoms with Crippen molar-refractivity contribution < 1.29 is 58.2 Å². The Labute approximate surface area is 508 Å². The summed E-state index contributed by atoms with van der Waals surface area (Å²) in [6.07, 6.45) is 59.5. The summed E-state index contributed by atoms with van der Waals surface area (Å²) in [5.41, 5.74) is 0. The molecule has 1 saturated heterocycles. The van der Waals surface area contributed by atoms with Crippen molar-refractivity contribution in [1.29, 1.82) is 0 Å². The first-order valence-electron chi connectivity index (χ1n) is 35.0. The van der Waals surface area contributed by atoms with Crippen molar-refractivity contribution in [3.63, 3.8) is 0 Å². The molecular weight excluding hydrogens is 1040 g/mol. The Balaban J connectivity index is 2.61. The highest BCUT2D eigenvalue weighted by Gasteiger charge is 2.50. The number of esters is 3. The number of carboxylic acid groups (broad SMARTS) is 1. The molecule has 1 aliphatic heterocycles. The van der Waals surface area contributed by atoms with Crippen molar-refractivity contribution in [2.24, 2.45) is 0 Å². The van der Waals surface area contributed by atoms with Crippen LogP contribution < -0.4 is 0 Å². The number of hydrogen-bond acceptors (Lipinski definition) is 11. The van der Waals surface area contributed by atoms with E-state index in [1.54, 1.807) is 0 Å². The van der Waals surface area contributed by atoms with Gasteiger partial charge in [-0.1, -0.05) is 282 Å². The summed E-state index contributed by atoms with van der Waals surface area (Å²) in [5, 5.41) is 31.7. The maximum atomic E-state index is 13.2. The Morgan fingerprint density at radius 1 is 0.398 bits per heavy atom. The van der Waals surface area contributed by atoms with E-state index < -0.39 is 67.3 Å². The van der Waals surface area contributed by atoms with Crippen molar-refractivity contribution in [2.45, 2.75) is 379 Å². The Hall–Kier alpha value is -3.06. The zero-order chi connectivity index (χ0) is 60.3. The third kappa shape index (κ3) is 48.7. The van der Waals surface area contributed by atoms with Crippen LogP contribution in [-0.2, 0) is 42.9 Å². The third-order valence-corrected chi connectivity index (χ3v) is 16.2. The summed E-state index contributed by atoms with van der Waals surface area (Å²) in [4.78, 5) is 51.4. The van der Waals surface area contributed by atoms with E-state index in [0.29, 0.717) is 19.3 Å². The van der Waals surface area contributed by atoms with Gasteiger partial charge in [0.05, 0.1) is 6.61 Å². The molecule has 1 heterocycles. The average molecular weight is 1170 g/mol. The van der Waals surface area contributed by atoms with Gasteiger partial charge in [0.25, 0.3) is 0 Å². The molecule has 0 amide bonds. The summed E-state index contributed by atoms with van der Waals surface area (Å²) >= 11 is 0. The normalized spacial score (nSPS) is 17.7. The third-order valence-electron chi connectivity index (χ3n) is 16.2. The first kappa shape index (κ1) is 78.0. The number of aliphatic carboxylic acids is 1. The maximum absolute atomic E-state index is 13.2. The lowest BCUT2D eigenvalue weighted by molar-refractivity contribution is -0.301. The quantitative estimate of drug-likeness (QED) is 0.0228. The number of aliphatic hydroxyl groups excluding tert-OH is 2. The van der Waals surface area contributed by atoms with Crippen LogP contribution in [0.15, 0.2) is 36.5 Å². The number of allylic oxidation sites excluding steroid dienone is 6. The first-order chi connectivity index (χ1) is 40.6. The molecule has 12 heteroatoms. The molecule has 12 nitrogen and oxygen atoms in total. The molecule has 0 saturated carbocycles. The molecule has 1 fully saturated rings. The number of unbranched alkanes of at least 4 members (excludes halogenated alkanes) is 41. The molecule has 6 unspecified atom stereocenters. The fourth-order valence-electron chi connectivity index (χ4n) is 10.8. The van der Waals surface area contributed by atoms with Crippen molar-refractivity contribution >= 4 is 23.9 Å². The lowest BCUT2D eigenvalue weighted by Crippen LogP contribution is -2.61. The highest BCUT2D eigenvalue weighted by molar-refractivity contribution is 5.74. The standard InChI is InChI=1S/C71H128O12/c1-4-7-10-13-16-19-22-25-28-30-32-34-37-39-42-45-48-51-54-57-63(72)79-60-62(81-64(73)58-55-52-49-46-43-40-36-27-24-21-18-15-12-9-6-3)61-80-71-69(67(76)66(75)68(83-71)70(77)78)82-65(74)59-56-53-50-47-44-41-38-35-33-31-29-26-23-20-17-14-11-8-5-2/h16,19,25-26,28-29,62,66-69,71,75-76H,4-15,17-18,20-24,27,30-61H2,1-3H3,(H,77,78)/b19-16-,28-25-,29-26-. The van der Waals surface area contributed by atoms with Gasteiger partial charge in [0.2, 0.25) is 0 Å². The molecule has 484 valence electrons. The Morgan fingerprint density at radius 2 is 0.723 bits per heavy atom. The highest BCUT2D eigenvalue weighted by Crippen LogP contribution is 2.27. The van der Waals surface area contributed by atoms with Crippen LogP contribution in [0.3, 0.4) is 0 Å². The van der Waals surface area contributed by atoms with Crippen LogP contribution in [0, 0.1) is 0 Å². The number of rotatable bonds is 61. The average Bonchev–Trinajstić information content (AvgIpc) is 3.57. The first-order valence-corrected chi connectivity index (χ1v) is 35.0. The van der Waals surface area contributed by atoms with Crippen LogP contribution in [0.1, 0.15) is 342 Å². The summed E-state index contributed by atoms with van der Waals surface area (Å²) in [6, 6.07) is 0. The second-order valence-electron chi connectivity index (χ2n) is 24.2. The molecular formula is C71H128O12. The SMILES string of the molecule is CCCCC/C=C\C/C=C\CCCCCCCCCCCC(=O)OCC(COC1OC(C(=O)O)C(O)C(O)C1OC(=O)CCCCCCCCCCC/C=C\CCCCCCCC)OC(=O)CCCCCCCCCCCCCCCCC. The van der Waals surface area contributed by atoms with E-state index in [2.05, 4.69) is 57.2 Å². The molecule has 0 aliphatic carbocycles. The van der Waals surface area contributed by atoms with Crippen LogP contribution >= 0.6 is 0 Å². The van der Waals surface area contributed by atoms with Crippen LogP contribution in [0.25, 0.3) is 0 Å². The molecule has 83 heavy (non-hydrogen) atoms. The highest BCUT2D eigenvalue weighted by atomic mass is 16.7. The van der Waals surface area contributed by atoms with Gasteiger partial charge in [-0.05, 0) is 77.0 Å². The second-order valence-corrected chi connectivity index (χ2v) is 24.2. The molecule has 3 N–H and O–H groups in total. The molecule has 0 aromatic carbocycles. The molecule has 1 rings (SSSR count). The van der Waals surface area contributed by atoms with Gasteiger partial charge in [0.15, 0.2) is 24.6 Å². The van der Waals surface area contributed by atoms with Crippen molar-refractivity contribution in [3.8, 4) is 0 Å². The van der Waals surface area contributed by atoms with Crippen molar-refractivity contribution in [2.75, 3.05) is 13.2 Å². The summed E-state index contributed by atoms with van der Waals surface area (Å²) in [5.74, 6) is -3.09. The predicted octanol–water partition coefficient (Wildman–Crippen LogP) is 19.1. The number of carboxylic acids is 1. The lowest BCUT2D eigenvalue weighted by Gasteiger charge is -2.40. The second kappa shape index (κ2) is 59.3. The zero-order valence-electron chi connectivity index (χ0n) is 53.7. The van der Waals surface area contributed by atoms with Crippen LogP contribution in [0.4, 0.5) is 0 Å². The van der Waals surface area contributed by atoms with Crippen molar-refractivity contribution in [1.82, 2.24) is 0 Å². The van der Waals surface area contributed by atoms with Gasteiger partial charge in [0.1, 0.15) is 18.8 Å². The largest absolute Gasteiger partial charge is 0.479 e. The Bertz CT molecular complexity index is 1580. The minimum atomic E-state index is -1.90. The predicted molar refractivity (Wildman–Crippen MR) is 340 cm³/mol. The van der Waals surface area contributed by atoms with Crippen LogP contribution in [0.5, 0.6) is 0 Å². The van der Waals surface area contributed by atoms with Gasteiger partial charge in [-0.2, -0.15) is 0 Å². The Morgan fingerprint density at radius 3 is 1.12 bits per heavy atom. The fraction of sp³-hybridized carbons (Fsp3) is 0.859. The molecule has 1 aliphatic rings. The zero-order valence-corrected chi connectivity index (χ0v) is 53.7. The van der Waals surface area contributed by atoms with Gasteiger partial charge in [-0.25, -0.2) is 4.79 Å².